The van der Waals surface area contributed by atoms with Crippen molar-refractivity contribution in [1.82, 2.24) is 24.7 Å². The second-order valence-electron chi connectivity index (χ2n) is 5.60. The molecule has 0 atom stereocenters. The lowest BCUT2D eigenvalue weighted by molar-refractivity contribution is 0.270. The Morgan fingerprint density at radius 3 is 2.50 bits per heavy atom. The highest BCUT2D eigenvalue weighted by Crippen LogP contribution is 2.17. The first kappa shape index (κ1) is 13.3. The van der Waals surface area contributed by atoms with Crippen molar-refractivity contribution in [2.75, 3.05) is 37.6 Å². The van der Waals surface area contributed by atoms with Gasteiger partial charge in [-0.1, -0.05) is 20.8 Å². The Bertz CT molecular complexity index is 582. The molecular weight excluding hydrogens is 252 g/mol. The Morgan fingerprint density at radius 2 is 1.85 bits per heavy atom. The van der Waals surface area contributed by atoms with Crippen LogP contribution in [0.3, 0.4) is 0 Å². The zero-order valence-electron chi connectivity index (χ0n) is 12.5. The summed E-state index contributed by atoms with van der Waals surface area (Å²) in [5.74, 6) is 2.27. The molecule has 1 saturated heterocycles. The lowest BCUT2D eigenvalue weighted by Crippen LogP contribution is -2.46. The van der Waals surface area contributed by atoms with Crippen molar-refractivity contribution in [3.8, 4) is 0 Å². The van der Waals surface area contributed by atoms with Crippen LogP contribution in [0.1, 0.15) is 32.5 Å². The number of rotatable bonds is 3. The molecule has 6 heteroatoms. The van der Waals surface area contributed by atoms with Gasteiger partial charge in [0, 0.05) is 32.1 Å². The minimum Gasteiger partial charge on any atom is -0.353 e. The molecule has 0 bridgehead atoms. The first-order valence-corrected chi connectivity index (χ1v) is 7.38. The summed E-state index contributed by atoms with van der Waals surface area (Å²) in [5.41, 5.74) is 0.824. The van der Waals surface area contributed by atoms with E-state index in [1.165, 1.54) is 0 Å². The molecule has 2 aromatic rings. The molecular formula is C14H22N6. The van der Waals surface area contributed by atoms with Gasteiger partial charge in [0.25, 0.3) is 0 Å². The Morgan fingerprint density at radius 1 is 1.10 bits per heavy atom. The van der Waals surface area contributed by atoms with E-state index in [1.807, 2.05) is 10.6 Å². The minimum absolute atomic E-state index is 0.324. The number of nitrogens with zero attached hydrogens (tertiary/aromatic N) is 6. The van der Waals surface area contributed by atoms with E-state index in [2.05, 4.69) is 46.8 Å². The van der Waals surface area contributed by atoms with Gasteiger partial charge in [0.1, 0.15) is 5.82 Å². The normalized spacial score (nSPS) is 17.3. The second kappa shape index (κ2) is 5.36. The zero-order valence-corrected chi connectivity index (χ0v) is 12.5. The van der Waals surface area contributed by atoms with E-state index in [0.717, 1.165) is 50.0 Å². The summed E-state index contributed by atoms with van der Waals surface area (Å²) in [6, 6.07) is 4.06. The van der Waals surface area contributed by atoms with Crippen molar-refractivity contribution in [2.24, 2.45) is 0 Å². The van der Waals surface area contributed by atoms with Crippen LogP contribution in [-0.4, -0.2) is 57.4 Å². The molecule has 0 amide bonds. The highest BCUT2D eigenvalue weighted by Gasteiger charge is 2.18. The van der Waals surface area contributed by atoms with Gasteiger partial charge in [0.15, 0.2) is 11.5 Å². The molecule has 6 nitrogen and oxygen atoms in total. The van der Waals surface area contributed by atoms with Crippen molar-refractivity contribution < 1.29 is 0 Å². The molecule has 0 radical (unpaired) electrons. The molecule has 3 heterocycles. The van der Waals surface area contributed by atoms with E-state index < -0.39 is 0 Å². The van der Waals surface area contributed by atoms with Gasteiger partial charge in [-0.25, -0.2) is 0 Å². The van der Waals surface area contributed by atoms with E-state index in [9.17, 15) is 0 Å². The van der Waals surface area contributed by atoms with Crippen LogP contribution in [0.25, 0.3) is 5.65 Å². The zero-order chi connectivity index (χ0) is 14.1. The average molecular weight is 274 g/mol. The molecule has 108 valence electrons. The smallest absolute Gasteiger partial charge is 0.178 e. The largest absolute Gasteiger partial charge is 0.353 e. The van der Waals surface area contributed by atoms with Crippen LogP contribution in [0.5, 0.6) is 0 Å². The minimum atomic E-state index is 0.324. The SMILES string of the molecule is CCN1CCN(c2ccc3nnc(C(C)C)n3n2)CC1. The Hall–Kier alpha value is -1.69. The van der Waals surface area contributed by atoms with Crippen LogP contribution in [0.2, 0.25) is 0 Å². The third kappa shape index (κ3) is 2.35. The van der Waals surface area contributed by atoms with Crippen LogP contribution in [-0.2, 0) is 0 Å². The monoisotopic (exact) mass is 274 g/mol. The summed E-state index contributed by atoms with van der Waals surface area (Å²) in [5, 5.41) is 13.1. The highest BCUT2D eigenvalue weighted by atomic mass is 15.4. The highest BCUT2D eigenvalue weighted by molar-refractivity contribution is 5.46. The Kier molecular flexibility index (Phi) is 3.56. The van der Waals surface area contributed by atoms with Crippen LogP contribution < -0.4 is 4.90 Å². The first-order valence-electron chi connectivity index (χ1n) is 7.38. The Labute approximate surface area is 119 Å². The summed E-state index contributed by atoms with van der Waals surface area (Å²) in [6.45, 7) is 11.9. The van der Waals surface area contributed by atoms with E-state index in [1.54, 1.807) is 0 Å². The lowest BCUT2D eigenvalue weighted by atomic mass is 10.2. The molecule has 0 unspecified atom stereocenters. The molecule has 1 aliphatic rings. The van der Waals surface area contributed by atoms with E-state index in [4.69, 9.17) is 5.10 Å². The molecule has 0 aromatic carbocycles. The molecule has 2 aromatic heterocycles. The fourth-order valence-electron chi connectivity index (χ4n) is 2.62. The molecule has 0 aliphatic carbocycles. The molecule has 1 fully saturated rings. The number of hydrogen-bond donors (Lipinski definition) is 0. The van der Waals surface area contributed by atoms with Crippen LogP contribution in [0.15, 0.2) is 12.1 Å². The first-order chi connectivity index (χ1) is 9.69. The topological polar surface area (TPSA) is 49.6 Å². The molecule has 1 aliphatic heterocycles. The third-order valence-electron chi connectivity index (χ3n) is 3.93. The summed E-state index contributed by atoms with van der Waals surface area (Å²) in [7, 11) is 0. The molecule has 0 saturated carbocycles. The quantitative estimate of drug-likeness (QED) is 0.846. The van der Waals surface area contributed by atoms with Gasteiger partial charge in [-0.2, -0.15) is 4.52 Å². The third-order valence-corrected chi connectivity index (χ3v) is 3.93. The fourth-order valence-corrected chi connectivity index (χ4v) is 2.62. The predicted molar refractivity (Wildman–Crippen MR) is 79.2 cm³/mol. The van der Waals surface area contributed by atoms with Crippen molar-refractivity contribution in [3.05, 3.63) is 18.0 Å². The van der Waals surface area contributed by atoms with E-state index in [-0.39, 0.29) is 0 Å². The number of fused-ring (bicyclic) bond motifs is 1. The van der Waals surface area contributed by atoms with Crippen LogP contribution >= 0.6 is 0 Å². The van der Waals surface area contributed by atoms with Crippen LogP contribution in [0, 0.1) is 0 Å². The maximum Gasteiger partial charge on any atom is 0.178 e. The molecule has 0 N–H and O–H groups in total. The van der Waals surface area contributed by atoms with Crippen molar-refractivity contribution >= 4 is 11.5 Å². The summed E-state index contributed by atoms with van der Waals surface area (Å²) >= 11 is 0. The van der Waals surface area contributed by atoms with Crippen molar-refractivity contribution in [3.63, 3.8) is 0 Å². The fraction of sp³-hybridized carbons (Fsp3) is 0.643. The number of anilines is 1. The van der Waals surface area contributed by atoms with Gasteiger partial charge in [0.05, 0.1) is 0 Å². The maximum atomic E-state index is 4.73. The van der Waals surface area contributed by atoms with Crippen molar-refractivity contribution in [1.29, 1.82) is 0 Å². The number of piperazine rings is 1. The van der Waals surface area contributed by atoms with Gasteiger partial charge in [0.2, 0.25) is 0 Å². The maximum absolute atomic E-state index is 4.73. The predicted octanol–water partition coefficient (Wildman–Crippen LogP) is 1.39. The molecule has 20 heavy (non-hydrogen) atoms. The van der Waals surface area contributed by atoms with E-state index in [0.29, 0.717) is 5.92 Å². The summed E-state index contributed by atoms with van der Waals surface area (Å²) in [6.07, 6.45) is 0. The Balaban J connectivity index is 1.87. The number of likely N-dealkylation sites (N-methyl/N-ethyl adjacent to an activating group) is 1. The van der Waals surface area contributed by atoms with Gasteiger partial charge in [-0.15, -0.1) is 15.3 Å². The second-order valence-corrected chi connectivity index (χ2v) is 5.60. The van der Waals surface area contributed by atoms with Crippen molar-refractivity contribution in [2.45, 2.75) is 26.7 Å². The van der Waals surface area contributed by atoms with E-state index >= 15 is 0 Å². The summed E-state index contributed by atoms with van der Waals surface area (Å²) < 4.78 is 1.88. The van der Waals surface area contributed by atoms with Gasteiger partial charge in [-0.3, -0.25) is 0 Å². The average Bonchev–Trinajstić information content (AvgIpc) is 2.90. The summed E-state index contributed by atoms with van der Waals surface area (Å²) in [4.78, 5) is 4.81. The molecule has 3 rings (SSSR count). The van der Waals surface area contributed by atoms with Gasteiger partial charge < -0.3 is 9.80 Å². The molecule has 0 spiro atoms. The van der Waals surface area contributed by atoms with Crippen LogP contribution in [0.4, 0.5) is 5.82 Å². The standard InChI is InChI=1S/C14H22N6/c1-4-18-7-9-19(10-8-18)13-6-5-12-15-16-14(11(2)3)20(12)17-13/h5-6,11H,4,7-10H2,1-3H3. The van der Waals surface area contributed by atoms with Gasteiger partial charge >= 0.3 is 0 Å². The lowest BCUT2D eigenvalue weighted by Gasteiger charge is -2.34. The number of aromatic nitrogens is 4. The number of hydrogen-bond acceptors (Lipinski definition) is 5. The van der Waals surface area contributed by atoms with Gasteiger partial charge in [-0.05, 0) is 18.7 Å².